The normalized spacial score (nSPS) is 13.8. The van der Waals surface area contributed by atoms with Gasteiger partial charge in [0.25, 0.3) is 0 Å². The molecule has 2 aromatic heterocycles. The van der Waals surface area contributed by atoms with Crippen molar-refractivity contribution in [3.63, 3.8) is 0 Å². The van der Waals surface area contributed by atoms with Gasteiger partial charge in [0.15, 0.2) is 0 Å². The molecule has 0 spiro atoms. The number of benzene rings is 18. The maximum atomic E-state index is 10.1. The predicted molar refractivity (Wildman–Crippen MR) is 519 cm³/mol. The number of para-hydroxylation sites is 5. The molecule has 2 aliphatic heterocycles. The number of hydrogen-bond donors (Lipinski definition) is 0. The Hall–Kier alpha value is -14.2. The number of rotatable bonds is 12. The fourth-order valence-electron chi connectivity index (χ4n) is 19.7. The van der Waals surface area contributed by atoms with Crippen molar-refractivity contribution in [2.75, 3.05) is 4.90 Å². The van der Waals surface area contributed by atoms with Gasteiger partial charge in [-0.25, -0.2) is 0 Å². The smallest absolute Gasteiger partial charge is 0.249 e. The fraction of sp³-hybridized carbons (Fsp3) is 0.0769. The lowest BCUT2D eigenvalue weighted by molar-refractivity contribution is 0.590. The summed E-state index contributed by atoms with van der Waals surface area (Å²) in [5.74, 6) is -1.11. The number of anilines is 3. The average molecular weight is 1580 g/mol. The zero-order valence-corrected chi connectivity index (χ0v) is 69.3. The SMILES string of the molecule is [2H]c1c([2H])c([2H])c2c(c1[2H])-c1c([2H])c([2H])c([2H])c([2H])c1C2c1ccc2c(c1)N(c1c(-c3ccc(C(C)(C)C)cc3)cccc1-c1ccc(C(C)(C)C)cc1)c1cc(-c3ccccc3-c3ccccc3)cc3c1B2c1cc(-c2cc(-c4ccccc4)cc(-c4ccccc4)c2)cc(-c2cc(-n4c5ccccc5c5ccccc54)cc(-n4c5ccccc5c5ccccc54)c2)c1S3. The van der Waals surface area contributed by atoms with E-state index in [0.717, 1.165) is 187 Å². The van der Waals surface area contributed by atoms with Crippen molar-refractivity contribution < 1.29 is 11.0 Å². The molecule has 4 heterocycles. The third-order valence-electron chi connectivity index (χ3n) is 25.6. The lowest BCUT2D eigenvalue weighted by Gasteiger charge is -2.43. The van der Waals surface area contributed by atoms with Gasteiger partial charge in [-0.2, -0.15) is 0 Å². The first-order chi connectivity index (χ1) is 63.1. The summed E-state index contributed by atoms with van der Waals surface area (Å²) >= 11 is 1.82. The van der Waals surface area contributed by atoms with Gasteiger partial charge in [0, 0.05) is 71.1 Å². The van der Waals surface area contributed by atoms with Gasteiger partial charge in [0.2, 0.25) is 6.71 Å². The van der Waals surface area contributed by atoms with E-state index in [1.165, 1.54) is 11.1 Å². The quantitative estimate of drug-likeness (QED) is 0.113. The van der Waals surface area contributed by atoms with Gasteiger partial charge in [0.1, 0.15) is 0 Å². The first-order valence-corrected chi connectivity index (χ1v) is 43.0. The third kappa shape index (κ3) is 12.1. The van der Waals surface area contributed by atoms with Gasteiger partial charge < -0.3 is 14.0 Å². The van der Waals surface area contributed by atoms with E-state index >= 15 is 0 Å². The molecule has 1 aliphatic carbocycles. The highest BCUT2D eigenvalue weighted by molar-refractivity contribution is 8.00. The van der Waals surface area contributed by atoms with Crippen LogP contribution in [0.4, 0.5) is 17.1 Å². The van der Waals surface area contributed by atoms with Gasteiger partial charge in [-0.15, -0.1) is 0 Å². The minimum Gasteiger partial charge on any atom is -0.310 e. The first-order valence-electron chi connectivity index (χ1n) is 46.2. The average Bonchev–Trinajstić information content (AvgIpc) is 1.00. The standard InChI is InChI=1S/C117H86BN3S/c1-116(2,3)86-58-53-77(54-59-86)92-47-30-48-93(78-55-60-87(61-56-78)117(4,5)6)114(92)121-109-70-79(112-100-45-20-18-39-94(100)95-40-19-21-46-101(95)112)57-62-103(109)118-104-69-83(82-64-80(74-31-10-7-11-32-74)63-81(65-82)75-33-12-8-13-34-75)68-102(115(104)122-111-72-85(71-110(121)113(111)118)91-38-17-16-37-90(91)76-35-14-9-15-36-76)84-66-88(119-105-49-26-22-41-96(105)97-42-23-27-50-106(97)119)73-89(67-84)120-107-51-28-24-43-98(107)99-44-25-29-52-108(99)120/h7-73,112H,1-6H3/i18D,19D,20D,21D,39D,40D,45D,46D. The van der Waals surface area contributed by atoms with Crippen LogP contribution in [0.15, 0.2) is 416 Å². The Morgan fingerprint density at radius 1 is 0.295 bits per heavy atom. The molecule has 23 rings (SSSR count). The van der Waals surface area contributed by atoms with Crippen LogP contribution >= 0.6 is 11.8 Å². The maximum absolute atomic E-state index is 10.1. The predicted octanol–water partition coefficient (Wildman–Crippen LogP) is 29.7. The van der Waals surface area contributed by atoms with Crippen LogP contribution in [0.25, 0.3) is 155 Å². The zero-order chi connectivity index (χ0) is 88.6. The molecule has 0 N–H and O–H groups in total. The third-order valence-corrected chi connectivity index (χ3v) is 26.8. The summed E-state index contributed by atoms with van der Waals surface area (Å²) in [7, 11) is 0. The highest BCUT2D eigenvalue weighted by atomic mass is 32.2. The molecule has 578 valence electrons. The summed E-state index contributed by atoms with van der Waals surface area (Å²) in [6.07, 6.45) is 0. The van der Waals surface area contributed by atoms with Gasteiger partial charge in [0.05, 0.1) is 38.7 Å². The highest BCUT2D eigenvalue weighted by Crippen LogP contribution is 2.56. The monoisotopic (exact) mass is 1580 g/mol. The summed E-state index contributed by atoms with van der Waals surface area (Å²) in [5.41, 5.74) is 31.5. The van der Waals surface area contributed by atoms with Gasteiger partial charge in [-0.05, 0) is 224 Å². The topological polar surface area (TPSA) is 13.1 Å². The van der Waals surface area contributed by atoms with Crippen LogP contribution < -0.4 is 21.3 Å². The van der Waals surface area contributed by atoms with E-state index in [4.69, 9.17) is 0 Å². The van der Waals surface area contributed by atoms with Gasteiger partial charge >= 0.3 is 0 Å². The van der Waals surface area contributed by atoms with E-state index in [2.05, 4.69) is 413 Å². The van der Waals surface area contributed by atoms with E-state index in [-0.39, 0.29) is 57.3 Å². The van der Waals surface area contributed by atoms with Crippen molar-refractivity contribution in [1.29, 1.82) is 0 Å². The van der Waals surface area contributed by atoms with Crippen LogP contribution in [0.5, 0.6) is 0 Å². The van der Waals surface area contributed by atoms with Crippen molar-refractivity contribution >= 4 is 95.5 Å². The molecule has 3 aliphatic rings. The molecule has 0 atom stereocenters. The number of fused-ring (bicyclic) bond motifs is 13. The van der Waals surface area contributed by atoms with Crippen LogP contribution in [0.3, 0.4) is 0 Å². The lowest BCUT2D eigenvalue weighted by atomic mass is 9.34. The molecular weight excluding hydrogens is 1490 g/mol. The minimum atomic E-state index is -1.11. The Bertz CT molecular complexity index is 7690. The largest absolute Gasteiger partial charge is 0.310 e. The number of nitrogens with zero attached hydrogens (tertiary/aromatic N) is 3. The van der Waals surface area contributed by atoms with Crippen LogP contribution in [0.2, 0.25) is 0 Å². The molecule has 0 radical (unpaired) electrons. The molecule has 0 saturated carbocycles. The summed E-state index contributed by atoms with van der Waals surface area (Å²) < 4.78 is 82.4. The number of aromatic nitrogens is 2. The lowest BCUT2D eigenvalue weighted by Crippen LogP contribution is -2.60. The van der Waals surface area contributed by atoms with Crippen LogP contribution in [0.1, 0.15) is 86.2 Å². The van der Waals surface area contributed by atoms with Crippen molar-refractivity contribution in [3.05, 3.63) is 434 Å². The molecule has 0 saturated heterocycles. The zero-order valence-electron chi connectivity index (χ0n) is 76.5. The maximum Gasteiger partial charge on any atom is 0.249 e. The second-order valence-corrected chi connectivity index (χ2v) is 35.9. The second-order valence-electron chi connectivity index (χ2n) is 34.8. The Balaban J connectivity index is 0.890. The molecule has 0 unspecified atom stereocenters. The van der Waals surface area contributed by atoms with Crippen molar-refractivity contribution in [3.8, 4) is 112 Å². The minimum absolute atomic E-state index is 0.0721. The highest BCUT2D eigenvalue weighted by Gasteiger charge is 2.45. The van der Waals surface area contributed by atoms with Crippen molar-refractivity contribution in [1.82, 2.24) is 9.13 Å². The second kappa shape index (κ2) is 28.8. The molecule has 0 fully saturated rings. The Morgan fingerprint density at radius 3 is 1.20 bits per heavy atom. The molecule has 0 amide bonds. The summed E-state index contributed by atoms with van der Waals surface area (Å²) in [6, 6.07) is 128. The molecule has 18 aromatic carbocycles. The van der Waals surface area contributed by atoms with E-state index in [0.29, 0.717) is 5.56 Å². The van der Waals surface area contributed by atoms with Crippen molar-refractivity contribution in [2.45, 2.75) is 68.1 Å². The summed E-state index contributed by atoms with van der Waals surface area (Å²) in [5, 5.41) is 4.60. The molecule has 20 aromatic rings. The first kappa shape index (κ1) is 64.7. The molecule has 0 bridgehead atoms. The van der Waals surface area contributed by atoms with E-state index in [1.807, 2.05) is 11.8 Å². The van der Waals surface area contributed by atoms with Crippen LogP contribution in [0, 0.1) is 0 Å². The molecule has 5 heteroatoms. The molecular formula is C117H86BN3S. The van der Waals surface area contributed by atoms with E-state index in [1.54, 1.807) is 0 Å². The Labute approximate surface area is 729 Å². The van der Waals surface area contributed by atoms with Crippen molar-refractivity contribution in [2.24, 2.45) is 0 Å². The fourth-order valence-corrected chi connectivity index (χ4v) is 21.0. The Kier molecular flexibility index (Phi) is 15.3. The van der Waals surface area contributed by atoms with Crippen LogP contribution in [-0.2, 0) is 10.8 Å². The van der Waals surface area contributed by atoms with E-state index in [9.17, 15) is 11.0 Å². The van der Waals surface area contributed by atoms with Crippen LogP contribution in [-0.4, -0.2) is 15.8 Å². The van der Waals surface area contributed by atoms with E-state index < -0.39 is 36.8 Å². The molecule has 3 nitrogen and oxygen atoms in total. The summed E-state index contributed by atoms with van der Waals surface area (Å²) in [6.45, 7) is 12.9. The Morgan fingerprint density at radius 2 is 0.705 bits per heavy atom. The summed E-state index contributed by atoms with van der Waals surface area (Å²) in [4.78, 5) is 4.61. The van der Waals surface area contributed by atoms with Gasteiger partial charge in [-0.3, -0.25) is 0 Å². The van der Waals surface area contributed by atoms with Gasteiger partial charge in [-0.1, -0.05) is 380 Å². The molecule has 122 heavy (non-hydrogen) atoms. The number of hydrogen-bond acceptors (Lipinski definition) is 2.